The summed E-state index contributed by atoms with van der Waals surface area (Å²) >= 11 is 0. The van der Waals surface area contributed by atoms with E-state index in [1.807, 2.05) is 148 Å². The molecule has 8 aromatic carbocycles. The van der Waals surface area contributed by atoms with E-state index in [9.17, 15) is 8.22 Å². The van der Waals surface area contributed by atoms with Crippen molar-refractivity contribution in [1.82, 2.24) is 9.55 Å². The Morgan fingerprint density at radius 2 is 1.42 bits per heavy atom. The molecule has 1 aliphatic heterocycles. The molecule has 3 heterocycles. The number of ether oxygens (including phenoxy) is 1. The van der Waals surface area contributed by atoms with Crippen LogP contribution in [0.3, 0.4) is 0 Å². The van der Waals surface area contributed by atoms with E-state index in [1.54, 1.807) is 41.1 Å². The van der Waals surface area contributed by atoms with E-state index in [-0.39, 0.29) is 96.0 Å². The van der Waals surface area contributed by atoms with Crippen LogP contribution >= 0.6 is 0 Å². The monoisotopic (exact) mass is 1200 g/mol. The quantitative estimate of drug-likeness (QED) is 0.128. The van der Waals surface area contributed by atoms with Gasteiger partial charge in [-0.1, -0.05) is 183 Å². The third-order valence-electron chi connectivity index (χ3n) is 15.1. The maximum Gasteiger partial charge on any atom is 0.135 e. The molecule has 0 atom stereocenters. The fraction of sp³-hybridized carbons (Fsp3) is 0.239. The van der Waals surface area contributed by atoms with Crippen molar-refractivity contribution in [2.24, 2.45) is 5.92 Å². The van der Waals surface area contributed by atoms with Gasteiger partial charge in [-0.25, -0.2) is 4.98 Å². The van der Waals surface area contributed by atoms with Crippen molar-refractivity contribution < 1.29 is 42.3 Å². The summed E-state index contributed by atoms with van der Waals surface area (Å²) in [5.74, 6) is 0.264. The van der Waals surface area contributed by atoms with Gasteiger partial charge in [0.1, 0.15) is 5.82 Å². The second-order valence-corrected chi connectivity index (χ2v) is 22.7. The molecular weight excluding hydrogens is 1120 g/mol. The van der Waals surface area contributed by atoms with Crippen LogP contribution < -0.4 is 14.5 Å². The molecule has 5 nitrogen and oxygen atoms in total. The fourth-order valence-corrected chi connectivity index (χ4v) is 10.9. The number of fused-ring (bicyclic) bond motifs is 5. The molecule has 77 heavy (non-hydrogen) atoms. The summed E-state index contributed by atoms with van der Waals surface area (Å²) in [7, 11) is 0. The Labute approximate surface area is 487 Å². The first-order valence-corrected chi connectivity index (χ1v) is 26.1. The van der Waals surface area contributed by atoms with Crippen LogP contribution in [0.25, 0.3) is 61.0 Å². The van der Waals surface area contributed by atoms with Gasteiger partial charge in [-0.2, -0.15) is 12.1 Å². The first-order chi connectivity index (χ1) is 41.4. The summed E-state index contributed by atoms with van der Waals surface area (Å²) in [5, 5.41) is 0.691. The van der Waals surface area contributed by atoms with Crippen LogP contribution in [0.15, 0.2) is 176 Å². The number of benzene rings is 8. The van der Waals surface area contributed by atoms with Crippen LogP contribution in [0.2, 0.25) is 0 Å². The second-order valence-electron chi connectivity index (χ2n) is 22.7. The average molecular weight is 1200 g/mol. The van der Waals surface area contributed by atoms with Crippen LogP contribution in [-0.4, -0.2) is 9.55 Å². The number of nitrogens with zero attached hydrogens (tertiary/aromatic N) is 4. The van der Waals surface area contributed by atoms with E-state index in [1.165, 1.54) is 0 Å². The van der Waals surface area contributed by atoms with E-state index in [4.69, 9.17) is 17.9 Å². The van der Waals surface area contributed by atoms with Crippen LogP contribution in [0, 0.1) is 31.6 Å². The normalized spacial score (nSPS) is 17.3. The van der Waals surface area contributed by atoms with Crippen LogP contribution in [0.1, 0.15) is 119 Å². The molecule has 12 rings (SSSR count). The molecule has 0 amide bonds. The summed E-state index contributed by atoms with van der Waals surface area (Å²) in [5.41, 5.74) is 7.61. The van der Waals surface area contributed by atoms with Crippen molar-refractivity contribution in [3.8, 4) is 50.7 Å². The predicted octanol–water partition coefficient (Wildman–Crippen LogP) is 19.1. The van der Waals surface area contributed by atoms with E-state index in [0.717, 1.165) is 35.2 Å². The van der Waals surface area contributed by atoms with Gasteiger partial charge >= 0.3 is 0 Å². The summed E-state index contributed by atoms with van der Waals surface area (Å²) in [4.78, 5) is 8.81. The van der Waals surface area contributed by atoms with Crippen LogP contribution in [0.5, 0.6) is 11.5 Å². The topological polar surface area (TPSA) is 33.5 Å². The molecule has 0 N–H and O–H groups in total. The molecule has 390 valence electrons. The smallest absolute Gasteiger partial charge is 0.135 e. The zero-order chi connectivity index (χ0) is 63.1. The van der Waals surface area contributed by atoms with E-state index >= 15 is 0 Å². The molecule has 0 saturated heterocycles. The van der Waals surface area contributed by atoms with Crippen molar-refractivity contribution >= 4 is 44.6 Å². The number of aromatic nitrogens is 2. The molecular formula is C71H67N4OPt-3. The van der Waals surface area contributed by atoms with Crippen LogP contribution in [-0.2, 0) is 43.7 Å². The summed E-state index contributed by atoms with van der Waals surface area (Å²) in [6.45, 7) is 17.5. The van der Waals surface area contributed by atoms with Gasteiger partial charge in [0.2, 0.25) is 0 Å². The van der Waals surface area contributed by atoms with Gasteiger partial charge in [0.05, 0.1) is 9.60 Å². The zero-order valence-corrected chi connectivity index (χ0v) is 47.1. The Balaban J connectivity index is 0.00000817. The van der Waals surface area contributed by atoms with E-state index < -0.39 is 42.1 Å². The minimum absolute atomic E-state index is 0. The van der Waals surface area contributed by atoms with Gasteiger partial charge in [0.15, 0.2) is 0 Å². The number of hydrogen-bond acceptors (Lipinski definition) is 4. The third kappa shape index (κ3) is 9.50. The Kier molecular flexibility index (Phi) is 10.2. The maximum atomic E-state index is 10.2. The number of para-hydroxylation sites is 4. The minimum Gasteiger partial charge on any atom is -0.509 e. The van der Waals surface area contributed by atoms with Crippen molar-refractivity contribution in [3.05, 3.63) is 223 Å². The number of pyridine rings is 1. The van der Waals surface area contributed by atoms with Gasteiger partial charge in [0.25, 0.3) is 0 Å². The maximum absolute atomic E-state index is 10.2. The van der Waals surface area contributed by atoms with Crippen molar-refractivity contribution in [1.29, 1.82) is 0 Å². The molecule has 0 radical (unpaired) electrons. The SMILES string of the molecule is [2H]c1c([2H])c2c(c([2H])c1-c1cccc(-c3ccc(C(C)(C)C)cc3C([2H])([2H])[2H])c1N1[CH-]N(c3[c-]c(Oc4[c-]c5c(cc4)c4c([2H])c([2H])c([2H])c([2H])c4n5-c4cc(C([2H])([2H])C(C)C)c(-c5ccccc5)cn4)ccc3)c3ccccc31)C(C)(C)CCC2(C)C.[Pt]. The molecule has 2 aromatic heterocycles. The summed E-state index contributed by atoms with van der Waals surface area (Å²) < 4.78 is 120. The molecule has 0 saturated carbocycles. The van der Waals surface area contributed by atoms with Crippen molar-refractivity contribution in [2.75, 3.05) is 9.80 Å². The minimum atomic E-state index is -2.54. The average Bonchev–Trinajstić information content (AvgIpc) is 1.72. The summed E-state index contributed by atoms with van der Waals surface area (Å²) in [6.07, 6.45) is 1.34. The van der Waals surface area contributed by atoms with Crippen molar-refractivity contribution in [3.63, 3.8) is 0 Å². The molecule has 0 unspecified atom stereocenters. The van der Waals surface area contributed by atoms with Crippen molar-refractivity contribution in [2.45, 2.75) is 105 Å². The predicted molar refractivity (Wildman–Crippen MR) is 318 cm³/mol. The first kappa shape index (κ1) is 39.2. The third-order valence-corrected chi connectivity index (χ3v) is 15.1. The molecule has 6 heteroatoms. The Morgan fingerprint density at radius 3 is 2.18 bits per heavy atom. The number of anilines is 4. The van der Waals surface area contributed by atoms with Gasteiger partial charge in [0, 0.05) is 84.9 Å². The molecule has 0 spiro atoms. The van der Waals surface area contributed by atoms with Gasteiger partial charge in [-0.3, -0.25) is 0 Å². The van der Waals surface area contributed by atoms with Gasteiger partial charge in [-0.05, 0) is 122 Å². The summed E-state index contributed by atoms with van der Waals surface area (Å²) in [6, 6.07) is 44.5. The number of aryl methyl sites for hydroxylation is 1. The molecule has 0 fully saturated rings. The second kappa shape index (κ2) is 20.0. The first-order valence-electron chi connectivity index (χ1n) is 32.1. The molecule has 0 bridgehead atoms. The number of rotatable bonds is 10. The Morgan fingerprint density at radius 1 is 0.701 bits per heavy atom. The fourth-order valence-electron chi connectivity index (χ4n) is 10.9. The van der Waals surface area contributed by atoms with E-state index in [0.29, 0.717) is 61.3 Å². The molecule has 2 aliphatic rings. The van der Waals surface area contributed by atoms with Gasteiger partial charge in [-0.15, -0.1) is 48.1 Å². The van der Waals surface area contributed by atoms with E-state index in [2.05, 4.69) is 39.8 Å². The zero-order valence-electron chi connectivity index (χ0n) is 56.8. The van der Waals surface area contributed by atoms with Gasteiger partial charge < -0.3 is 19.1 Å². The van der Waals surface area contributed by atoms with Crippen LogP contribution in [0.4, 0.5) is 22.7 Å². The Hall–Kier alpha value is -7.20. The largest absolute Gasteiger partial charge is 0.509 e. The molecule has 10 aromatic rings. The Bertz CT molecular complexity index is 4490. The number of hydrogen-bond donors (Lipinski definition) is 0. The standard InChI is InChI=1S/C71H67N4O.Pt/c1-46(2)38-50-41-67(72-44-60(50)48-20-12-11-13-21-48)75-63-27-15-14-24-57(63)58-34-32-54(43-66(58)75)76-53-23-18-22-52(42-53)73-45-74(65-29-17-16-28-64(65)73)68-56(49-30-35-61-62(40-49)71(9,10)37-36-70(61,7)8)25-19-26-59(68)55-33-31-51(39-47(55)3)69(4,5)6;/h11-35,39-41,44-46H,36-38H2,1-10H3;/q-3;/i3D3,14D,15D,24D,27D,30D,35D,38D2,40D;. The molecule has 1 aliphatic carbocycles.